The lowest BCUT2D eigenvalue weighted by atomic mass is 10.0. The number of rotatable bonds is 3. The first-order chi connectivity index (χ1) is 5.36. The van der Waals surface area contributed by atoms with E-state index in [4.69, 9.17) is 0 Å². The monoisotopic (exact) mass is 234 g/mol. The quantitative estimate of drug-likeness (QED) is 0.533. The minimum atomic E-state index is 0.868. The second kappa shape index (κ2) is 5.26. The highest BCUT2D eigenvalue weighted by Crippen LogP contribution is 2.26. The van der Waals surface area contributed by atoms with E-state index in [1.807, 2.05) is 0 Å². The van der Waals surface area contributed by atoms with E-state index < -0.39 is 0 Å². The SMILES string of the molecule is CC/C(=C\C1CCSC1)CBr. The first-order valence-corrected chi connectivity index (χ1v) is 6.47. The molecule has 0 amide bonds. The van der Waals surface area contributed by atoms with Gasteiger partial charge in [0.15, 0.2) is 0 Å². The average Bonchev–Trinajstić information content (AvgIpc) is 2.52. The maximum Gasteiger partial charge on any atom is 0.0241 e. The van der Waals surface area contributed by atoms with Crippen LogP contribution < -0.4 is 0 Å². The zero-order valence-corrected chi connectivity index (χ0v) is 9.38. The van der Waals surface area contributed by atoms with Gasteiger partial charge in [0, 0.05) is 5.33 Å². The molecule has 1 aliphatic rings. The molecule has 1 fully saturated rings. The van der Waals surface area contributed by atoms with Gasteiger partial charge >= 0.3 is 0 Å². The summed E-state index contributed by atoms with van der Waals surface area (Å²) in [6, 6.07) is 0. The van der Waals surface area contributed by atoms with Gasteiger partial charge in [-0.25, -0.2) is 0 Å². The summed E-state index contributed by atoms with van der Waals surface area (Å²) in [5, 5.41) is 1.06. The molecule has 2 heteroatoms. The number of allylic oxidation sites excluding steroid dienone is 2. The molecule has 0 N–H and O–H groups in total. The van der Waals surface area contributed by atoms with E-state index in [9.17, 15) is 0 Å². The number of alkyl halides is 1. The highest BCUT2D eigenvalue weighted by molar-refractivity contribution is 9.09. The summed E-state index contributed by atoms with van der Waals surface area (Å²) in [5.41, 5.74) is 1.57. The average molecular weight is 235 g/mol. The van der Waals surface area contributed by atoms with Crippen molar-refractivity contribution in [2.24, 2.45) is 5.92 Å². The molecular formula is C9H15BrS. The fourth-order valence-corrected chi connectivity index (χ4v) is 3.06. The van der Waals surface area contributed by atoms with Gasteiger partial charge in [0.2, 0.25) is 0 Å². The molecule has 0 aromatic rings. The van der Waals surface area contributed by atoms with Crippen molar-refractivity contribution < 1.29 is 0 Å². The molecule has 1 unspecified atom stereocenters. The fraction of sp³-hybridized carbons (Fsp3) is 0.778. The zero-order chi connectivity index (χ0) is 8.10. The molecule has 0 aliphatic carbocycles. The van der Waals surface area contributed by atoms with Crippen LogP contribution in [0.15, 0.2) is 11.6 Å². The van der Waals surface area contributed by atoms with Crippen molar-refractivity contribution in [1.82, 2.24) is 0 Å². The van der Waals surface area contributed by atoms with Crippen LogP contribution in [0.2, 0.25) is 0 Å². The maximum atomic E-state index is 3.51. The lowest BCUT2D eigenvalue weighted by Crippen LogP contribution is -1.95. The summed E-state index contributed by atoms with van der Waals surface area (Å²) in [4.78, 5) is 0. The van der Waals surface area contributed by atoms with Gasteiger partial charge in [-0.15, -0.1) is 0 Å². The molecule has 0 nitrogen and oxygen atoms in total. The minimum absolute atomic E-state index is 0.868. The summed E-state index contributed by atoms with van der Waals surface area (Å²) >= 11 is 5.59. The number of hydrogen-bond donors (Lipinski definition) is 0. The van der Waals surface area contributed by atoms with Crippen molar-refractivity contribution in [2.45, 2.75) is 19.8 Å². The molecule has 0 bridgehead atoms. The third kappa shape index (κ3) is 3.20. The summed E-state index contributed by atoms with van der Waals surface area (Å²) in [6.07, 6.45) is 5.06. The second-order valence-corrected chi connectivity index (χ2v) is 4.65. The van der Waals surface area contributed by atoms with Gasteiger partial charge in [0.05, 0.1) is 0 Å². The lowest BCUT2D eigenvalue weighted by Gasteiger charge is -2.04. The van der Waals surface area contributed by atoms with Crippen molar-refractivity contribution in [3.05, 3.63) is 11.6 Å². The molecule has 1 saturated heterocycles. The normalized spacial score (nSPS) is 26.0. The van der Waals surface area contributed by atoms with E-state index in [2.05, 4.69) is 40.7 Å². The molecule has 0 spiro atoms. The molecular weight excluding hydrogens is 220 g/mol. The smallest absolute Gasteiger partial charge is 0.0241 e. The van der Waals surface area contributed by atoms with Crippen LogP contribution in [0.5, 0.6) is 0 Å². The van der Waals surface area contributed by atoms with Gasteiger partial charge in [-0.3, -0.25) is 0 Å². The van der Waals surface area contributed by atoms with E-state index in [1.54, 1.807) is 5.57 Å². The molecule has 1 atom stereocenters. The largest absolute Gasteiger partial charge is 0.161 e. The molecule has 0 aromatic heterocycles. The Morgan fingerprint density at radius 3 is 3.00 bits per heavy atom. The van der Waals surface area contributed by atoms with Crippen molar-refractivity contribution in [1.29, 1.82) is 0 Å². The van der Waals surface area contributed by atoms with Gasteiger partial charge in [0.25, 0.3) is 0 Å². The third-order valence-corrected chi connectivity index (χ3v) is 3.97. The van der Waals surface area contributed by atoms with Crippen molar-refractivity contribution >= 4 is 27.7 Å². The number of thioether (sulfide) groups is 1. The Balaban J connectivity index is 2.40. The Hall–Kier alpha value is 0.570. The van der Waals surface area contributed by atoms with Crippen LogP contribution in [-0.2, 0) is 0 Å². The highest BCUT2D eigenvalue weighted by Gasteiger charge is 2.12. The van der Waals surface area contributed by atoms with E-state index in [0.717, 1.165) is 11.2 Å². The van der Waals surface area contributed by atoms with Crippen molar-refractivity contribution in [3.8, 4) is 0 Å². The van der Waals surface area contributed by atoms with Crippen LogP contribution in [0.3, 0.4) is 0 Å². The molecule has 1 aliphatic heterocycles. The molecule has 1 rings (SSSR count). The Morgan fingerprint density at radius 1 is 1.73 bits per heavy atom. The van der Waals surface area contributed by atoms with Gasteiger partial charge in [0.1, 0.15) is 0 Å². The Labute approximate surface area is 82.0 Å². The first kappa shape index (κ1) is 9.66. The zero-order valence-electron chi connectivity index (χ0n) is 6.98. The molecule has 1 heterocycles. The van der Waals surface area contributed by atoms with E-state index in [-0.39, 0.29) is 0 Å². The van der Waals surface area contributed by atoms with Crippen LogP contribution >= 0.6 is 27.7 Å². The van der Waals surface area contributed by atoms with Crippen LogP contribution in [0.25, 0.3) is 0 Å². The molecule has 0 radical (unpaired) electrons. The highest BCUT2D eigenvalue weighted by atomic mass is 79.9. The van der Waals surface area contributed by atoms with Gasteiger partial charge in [-0.2, -0.15) is 11.8 Å². The fourth-order valence-electron chi connectivity index (χ4n) is 1.27. The summed E-state index contributed by atoms with van der Waals surface area (Å²) < 4.78 is 0. The van der Waals surface area contributed by atoms with E-state index in [0.29, 0.717) is 0 Å². The van der Waals surface area contributed by atoms with Crippen molar-refractivity contribution in [3.63, 3.8) is 0 Å². The Bertz CT molecular complexity index is 130. The van der Waals surface area contributed by atoms with Crippen LogP contribution in [0.4, 0.5) is 0 Å². The molecule has 0 aromatic carbocycles. The topological polar surface area (TPSA) is 0 Å². The minimum Gasteiger partial charge on any atom is -0.161 e. The predicted octanol–water partition coefficient (Wildman–Crippen LogP) is 3.47. The summed E-state index contributed by atoms with van der Waals surface area (Å²) in [5.74, 6) is 3.57. The number of halogens is 1. The summed E-state index contributed by atoms with van der Waals surface area (Å²) in [7, 11) is 0. The molecule has 11 heavy (non-hydrogen) atoms. The number of hydrogen-bond acceptors (Lipinski definition) is 1. The third-order valence-electron chi connectivity index (χ3n) is 2.06. The Morgan fingerprint density at radius 2 is 2.55 bits per heavy atom. The van der Waals surface area contributed by atoms with E-state index >= 15 is 0 Å². The van der Waals surface area contributed by atoms with Crippen LogP contribution in [0.1, 0.15) is 19.8 Å². The van der Waals surface area contributed by atoms with E-state index in [1.165, 1.54) is 24.3 Å². The molecule has 0 saturated carbocycles. The van der Waals surface area contributed by atoms with Crippen molar-refractivity contribution in [2.75, 3.05) is 16.8 Å². The molecule has 64 valence electrons. The Kier molecular flexibility index (Phi) is 4.61. The first-order valence-electron chi connectivity index (χ1n) is 4.20. The van der Waals surface area contributed by atoms with Gasteiger partial charge in [-0.1, -0.05) is 34.5 Å². The second-order valence-electron chi connectivity index (χ2n) is 2.94. The predicted molar refractivity (Wildman–Crippen MR) is 57.6 cm³/mol. The van der Waals surface area contributed by atoms with Gasteiger partial charge < -0.3 is 0 Å². The lowest BCUT2D eigenvalue weighted by molar-refractivity contribution is 0.737. The summed E-state index contributed by atoms with van der Waals surface area (Å²) in [6.45, 7) is 2.23. The maximum absolute atomic E-state index is 3.51. The van der Waals surface area contributed by atoms with Crippen LogP contribution in [0, 0.1) is 5.92 Å². The standard InChI is InChI=1S/C9H15BrS/c1-2-8(6-10)5-9-3-4-11-7-9/h5,9H,2-4,6-7H2,1H3/b8-5+. The van der Waals surface area contributed by atoms with Crippen LogP contribution in [-0.4, -0.2) is 16.8 Å². The van der Waals surface area contributed by atoms with Gasteiger partial charge in [-0.05, 0) is 30.3 Å².